The summed E-state index contributed by atoms with van der Waals surface area (Å²) in [4.78, 5) is 5.12. The van der Waals surface area contributed by atoms with E-state index in [9.17, 15) is 30.7 Å². The zero-order valence-corrected chi connectivity index (χ0v) is 7.27. The van der Waals surface area contributed by atoms with Crippen LogP contribution in [0.1, 0.15) is 17.9 Å². The lowest BCUT2D eigenvalue weighted by molar-refractivity contribution is -0.292. The first-order valence-electron chi connectivity index (χ1n) is 3.72. The Labute approximate surface area is 84.1 Å². The van der Waals surface area contributed by atoms with Gasteiger partial charge in [-0.2, -0.15) is 22.0 Å². The van der Waals surface area contributed by atoms with E-state index in [1.165, 1.54) is 0 Å². The van der Waals surface area contributed by atoms with Crippen LogP contribution in [-0.2, 0) is 5.92 Å². The standard InChI is InChI=1S/C7H3F7N2/c8-4(9)3-1-2-15-5(16-3)6(10,11)7(12,13)14/h1-2,4H. The highest BCUT2D eigenvalue weighted by Gasteiger charge is 2.61. The second-order valence-corrected chi connectivity index (χ2v) is 2.68. The van der Waals surface area contributed by atoms with Gasteiger partial charge in [0.15, 0.2) is 0 Å². The van der Waals surface area contributed by atoms with E-state index in [0.29, 0.717) is 12.3 Å². The first kappa shape index (κ1) is 12.7. The molecule has 0 aliphatic rings. The molecule has 2 nitrogen and oxygen atoms in total. The minimum atomic E-state index is -5.92. The second kappa shape index (κ2) is 3.87. The smallest absolute Gasteiger partial charge is 0.235 e. The molecule has 0 atom stereocenters. The Hall–Kier alpha value is -1.41. The maximum atomic E-state index is 12.6. The molecule has 0 fully saturated rings. The number of halogens is 7. The van der Waals surface area contributed by atoms with E-state index in [2.05, 4.69) is 9.97 Å². The average molecular weight is 248 g/mol. The van der Waals surface area contributed by atoms with Crippen LogP contribution in [0.3, 0.4) is 0 Å². The zero-order valence-electron chi connectivity index (χ0n) is 7.27. The molecule has 1 aromatic heterocycles. The van der Waals surface area contributed by atoms with Crippen LogP contribution in [0.4, 0.5) is 30.7 Å². The Morgan fingerprint density at radius 3 is 2.06 bits per heavy atom. The van der Waals surface area contributed by atoms with Crippen molar-refractivity contribution in [3.63, 3.8) is 0 Å². The van der Waals surface area contributed by atoms with Gasteiger partial charge in [0.05, 0.1) is 0 Å². The quantitative estimate of drug-likeness (QED) is 0.751. The third kappa shape index (κ3) is 2.22. The van der Waals surface area contributed by atoms with Crippen LogP contribution in [0.5, 0.6) is 0 Å². The normalized spacial score (nSPS) is 13.2. The van der Waals surface area contributed by atoms with Crippen LogP contribution >= 0.6 is 0 Å². The van der Waals surface area contributed by atoms with Crippen molar-refractivity contribution in [2.24, 2.45) is 0 Å². The molecule has 1 rings (SSSR count). The monoisotopic (exact) mass is 248 g/mol. The first-order chi connectivity index (χ1) is 7.16. The lowest BCUT2D eigenvalue weighted by Gasteiger charge is -2.17. The molecule has 0 aliphatic heterocycles. The second-order valence-electron chi connectivity index (χ2n) is 2.68. The van der Waals surface area contributed by atoms with Gasteiger partial charge in [-0.25, -0.2) is 18.7 Å². The van der Waals surface area contributed by atoms with Crippen molar-refractivity contribution in [2.75, 3.05) is 0 Å². The van der Waals surface area contributed by atoms with E-state index in [0.717, 1.165) is 0 Å². The lowest BCUT2D eigenvalue weighted by Crippen LogP contribution is -2.35. The van der Waals surface area contributed by atoms with Gasteiger partial charge >= 0.3 is 12.1 Å². The van der Waals surface area contributed by atoms with Crippen LogP contribution in [0.15, 0.2) is 12.3 Å². The molecule has 0 aromatic carbocycles. The Morgan fingerprint density at radius 1 is 1.06 bits per heavy atom. The summed E-state index contributed by atoms with van der Waals surface area (Å²) in [5.74, 6) is -7.34. The first-order valence-corrected chi connectivity index (χ1v) is 3.72. The molecule has 0 spiro atoms. The number of aromatic nitrogens is 2. The van der Waals surface area contributed by atoms with Crippen molar-refractivity contribution >= 4 is 0 Å². The van der Waals surface area contributed by atoms with E-state index in [4.69, 9.17) is 0 Å². The van der Waals surface area contributed by atoms with Gasteiger partial charge in [0, 0.05) is 6.20 Å². The summed E-state index contributed by atoms with van der Waals surface area (Å²) < 4.78 is 84.8. The predicted molar refractivity (Wildman–Crippen MR) is 36.9 cm³/mol. The van der Waals surface area contributed by atoms with E-state index >= 15 is 0 Å². The highest BCUT2D eigenvalue weighted by molar-refractivity contribution is 5.08. The lowest BCUT2D eigenvalue weighted by atomic mass is 10.3. The highest BCUT2D eigenvalue weighted by atomic mass is 19.4. The summed E-state index contributed by atoms with van der Waals surface area (Å²) in [7, 11) is 0. The fourth-order valence-corrected chi connectivity index (χ4v) is 0.772. The molecule has 0 saturated heterocycles. The topological polar surface area (TPSA) is 25.8 Å². The molecule has 0 radical (unpaired) electrons. The van der Waals surface area contributed by atoms with Crippen LogP contribution in [0, 0.1) is 0 Å². The maximum Gasteiger partial charge on any atom is 0.461 e. The van der Waals surface area contributed by atoms with Crippen molar-refractivity contribution in [1.29, 1.82) is 0 Å². The van der Waals surface area contributed by atoms with Crippen molar-refractivity contribution < 1.29 is 30.7 Å². The molecular weight excluding hydrogens is 245 g/mol. The van der Waals surface area contributed by atoms with Crippen molar-refractivity contribution in [3.05, 3.63) is 23.8 Å². The summed E-state index contributed by atoms with van der Waals surface area (Å²) in [5.41, 5.74) is -1.19. The summed E-state index contributed by atoms with van der Waals surface area (Å²) in [5, 5.41) is 0. The van der Waals surface area contributed by atoms with Crippen LogP contribution in [0.25, 0.3) is 0 Å². The number of nitrogens with zero attached hydrogens (tertiary/aromatic N) is 2. The third-order valence-electron chi connectivity index (χ3n) is 1.54. The van der Waals surface area contributed by atoms with Gasteiger partial charge in [-0.1, -0.05) is 0 Å². The van der Waals surface area contributed by atoms with Gasteiger partial charge in [-0.05, 0) is 6.07 Å². The molecule has 1 aromatic rings. The molecule has 0 N–H and O–H groups in total. The Bertz CT molecular complexity index is 373. The predicted octanol–water partition coefficient (Wildman–Crippen LogP) is 3.07. The van der Waals surface area contributed by atoms with Gasteiger partial charge in [0.25, 0.3) is 6.43 Å². The summed E-state index contributed by atoms with van der Waals surface area (Å²) >= 11 is 0. The van der Waals surface area contributed by atoms with Gasteiger partial charge in [0.2, 0.25) is 5.82 Å². The highest BCUT2D eigenvalue weighted by Crippen LogP contribution is 2.42. The van der Waals surface area contributed by atoms with Gasteiger partial charge in [-0.15, -0.1) is 0 Å². The van der Waals surface area contributed by atoms with Crippen molar-refractivity contribution in [3.8, 4) is 0 Å². The molecule has 0 aliphatic carbocycles. The van der Waals surface area contributed by atoms with Crippen molar-refractivity contribution in [1.82, 2.24) is 9.97 Å². The molecule has 0 bridgehead atoms. The molecule has 9 heteroatoms. The van der Waals surface area contributed by atoms with Crippen LogP contribution in [-0.4, -0.2) is 16.1 Å². The third-order valence-corrected chi connectivity index (χ3v) is 1.54. The van der Waals surface area contributed by atoms with E-state index in [1.54, 1.807) is 0 Å². The van der Waals surface area contributed by atoms with Gasteiger partial charge in [-0.3, -0.25) is 0 Å². The molecule has 16 heavy (non-hydrogen) atoms. The van der Waals surface area contributed by atoms with E-state index in [1.807, 2.05) is 0 Å². The van der Waals surface area contributed by atoms with Gasteiger partial charge < -0.3 is 0 Å². The number of rotatable bonds is 2. The van der Waals surface area contributed by atoms with Crippen LogP contribution < -0.4 is 0 Å². The Balaban J connectivity index is 3.19. The number of hydrogen-bond donors (Lipinski definition) is 0. The zero-order chi connectivity index (χ0) is 12.6. The molecule has 0 unspecified atom stereocenters. The number of hydrogen-bond acceptors (Lipinski definition) is 2. The average Bonchev–Trinajstić information content (AvgIpc) is 2.16. The molecule has 90 valence electrons. The molecule has 0 amide bonds. The van der Waals surface area contributed by atoms with Crippen molar-refractivity contribution in [2.45, 2.75) is 18.5 Å². The maximum absolute atomic E-state index is 12.6. The molecule has 1 heterocycles. The summed E-state index contributed by atoms with van der Waals surface area (Å²) in [6.45, 7) is 0. The largest absolute Gasteiger partial charge is 0.461 e. The fraction of sp³-hybridized carbons (Fsp3) is 0.429. The van der Waals surface area contributed by atoms with Crippen LogP contribution in [0.2, 0.25) is 0 Å². The Morgan fingerprint density at radius 2 is 1.62 bits per heavy atom. The van der Waals surface area contributed by atoms with Gasteiger partial charge in [0.1, 0.15) is 5.69 Å². The molecule has 0 saturated carbocycles. The number of alkyl halides is 7. The minimum Gasteiger partial charge on any atom is -0.235 e. The minimum absolute atomic E-state index is 0.420. The fourth-order valence-electron chi connectivity index (χ4n) is 0.772. The SMILES string of the molecule is FC(F)c1ccnc(C(F)(F)C(F)(F)F)n1. The summed E-state index contributed by atoms with van der Waals surface area (Å²) in [6.07, 6.45) is -8.75. The van der Waals surface area contributed by atoms with E-state index < -0.39 is 30.0 Å². The Kier molecular flexibility index (Phi) is 3.06. The van der Waals surface area contributed by atoms with E-state index in [-0.39, 0.29) is 0 Å². The molecular formula is C7H3F7N2. The summed E-state index contributed by atoms with van der Waals surface area (Å²) in [6, 6.07) is 0.556.